The van der Waals surface area contributed by atoms with Gasteiger partial charge in [-0.1, -0.05) is 6.42 Å². The largest absolute Gasteiger partial charge is 0.370 e. The summed E-state index contributed by atoms with van der Waals surface area (Å²) in [5, 5.41) is 2.93. The second kappa shape index (κ2) is 7.95. The number of amides is 2. The van der Waals surface area contributed by atoms with Gasteiger partial charge in [0.2, 0.25) is 5.91 Å². The summed E-state index contributed by atoms with van der Waals surface area (Å²) in [4.78, 5) is 28.2. The molecule has 1 atom stereocenters. The van der Waals surface area contributed by atoms with E-state index < -0.39 is 0 Å². The van der Waals surface area contributed by atoms with E-state index in [2.05, 4.69) is 10.2 Å². The fraction of sp³-hybridized carbons (Fsp3) is 0.556. The third-order valence-corrected chi connectivity index (χ3v) is 5.10. The number of likely N-dealkylation sites (N-methyl/N-ethyl adjacent to an activating group) is 1. The van der Waals surface area contributed by atoms with Gasteiger partial charge in [0.05, 0.1) is 6.61 Å². The fourth-order valence-corrected chi connectivity index (χ4v) is 3.25. The molecule has 1 aliphatic carbocycles. The first-order valence-corrected chi connectivity index (χ1v) is 8.81. The van der Waals surface area contributed by atoms with Gasteiger partial charge in [-0.05, 0) is 44.2 Å². The number of hydrogen-bond acceptors (Lipinski definition) is 5. The van der Waals surface area contributed by atoms with Crippen molar-refractivity contribution in [2.75, 3.05) is 43.6 Å². The molecule has 1 heterocycles. The topological polar surface area (TPSA) is 87.9 Å². The van der Waals surface area contributed by atoms with Crippen LogP contribution in [0, 0.1) is 0 Å². The van der Waals surface area contributed by atoms with Crippen molar-refractivity contribution in [3.63, 3.8) is 0 Å². The van der Waals surface area contributed by atoms with Crippen LogP contribution in [0.3, 0.4) is 0 Å². The minimum Gasteiger partial charge on any atom is -0.370 e. The van der Waals surface area contributed by atoms with Gasteiger partial charge >= 0.3 is 0 Å². The van der Waals surface area contributed by atoms with Crippen LogP contribution in [-0.4, -0.2) is 62.1 Å². The lowest BCUT2D eigenvalue weighted by Crippen LogP contribution is -2.52. The van der Waals surface area contributed by atoms with Crippen LogP contribution in [-0.2, 0) is 14.3 Å². The predicted molar refractivity (Wildman–Crippen MR) is 96.5 cm³/mol. The van der Waals surface area contributed by atoms with Crippen LogP contribution in [0.5, 0.6) is 0 Å². The summed E-state index contributed by atoms with van der Waals surface area (Å²) in [6.07, 6.45) is 3.47. The smallest absolute Gasteiger partial charge is 0.253 e. The Labute approximate surface area is 148 Å². The van der Waals surface area contributed by atoms with Gasteiger partial charge in [-0.15, -0.1) is 0 Å². The molecule has 1 aliphatic heterocycles. The van der Waals surface area contributed by atoms with Gasteiger partial charge in [-0.25, -0.2) is 0 Å². The first-order valence-electron chi connectivity index (χ1n) is 8.81. The average molecular weight is 346 g/mol. The number of nitrogens with one attached hydrogen (secondary N) is 1. The molecule has 1 aromatic rings. The van der Waals surface area contributed by atoms with Gasteiger partial charge in [0.25, 0.3) is 5.91 Å². The van der Waals surface area contributed by atoms with Crippen molar-refractivity contribution in [2.45, 2.75) is 31.3 Å². The zero-order chi connectivity index (χ0) is 17.8. The van der Waals surface area contributed by atoms with Crippen LogP contribution < -0.4 is 16.0 Å². The molecular formula is C18H26N4O3. The van der Waals surface area contributed by atoms with Crippen LogP contribution in [0.1, 0.15) is 19.3 Å². The highest BCUT2D eigenvalue weighted by Gasteiger charge is 2.31. The molecule has 1 saturated heterocycles. The summed E-state index contributed by atoms with van der Waals surface area (Å²) in [5.41, 5.74) is 7.34. The summed E-state index contributed by atoms with van der Waals surface area (Å²) in [5.74, 6) is -0.138. The third-order valence-electron chi connectivity index (χ3n) is 5.10. The second-order valence-corrected chi connectivity index (χ2v) is 6.64. The Balaban J connectivity index is 1.61. The van der Waals surface area contributed by atoms with Crippen molar-refractivity contribution >= 4 is 23.2 Å². The van der Waals surface area contributed by atoms with E-state index in [1.807, 2.05) is 31.3 Å². The monoisotopic (exact) mass is 346 g/mol. The molecule has 1 aromatic carbocycles. The number of nitrogens with two attached hydrogens (primary N) is 1. The molecular weight excluding hydrogens is 320 g/mol. The number of hydrogen-bond donors (Lipinski definition) is 2. The van der Waals surface area contributed by atoms with Crippen molar-refractivity contribution < 1.29 is 14.3 Å². The minimum atomic E-state index is -0.328. The quantitative estimate of drug-likeness (QED) is 0.795. The summed E-state index contributed by atoms with van der Waals surface area (Å²) < 4.78 is 5.14. The second-order valence-electron chi connectivity index (χ2n) is 6.64. The highest BCUT2D eigenvalue weighted by atomic mass is 16.5. The number of ether oxygens (including phenoxy) is 1. The maximum Gasteiger partial charge on any atom is 0.253 e. The SMILES string of the molecule is CN(C1CCC1)[C@@H](CN)C(=O)Nc1ccc(N2CCOCC2=O)cc1. The molecule has 0 bridgehead atoms. The summed E-state index contributed by atoms with van der Waals surface area (Å²) >= 11 is 0. The highest BCUT2D eigenvalue weighted by Crippen LogP contribution is 2.25. The molecule has 7 nitrogen and oxygen atoms in total. The van der Waals surface area contributed by atoms with E-state index >= 15 is 0 Å². The molecule has 2 amide bonds. The molecule has 0 aromatic heterocycles. The molecule has 25 heavy (non-hydrogen) atoms. The zero-order valence-electron chi connectivity index (χ0n) is 14.6. The zero-order valence-corrected chi connectivity index (χ0v) is 14.6. The van der Waals surface area contributed by atoms with Crippen LogP contribution >= 0.6 is 0 Å². The van der Waals surface area contributed by atoms with E-state index in [-0.39, 0.29) is 24.5 Å². The Morgan fingerprint density at radius 3 is 2.68 bits per heavy atom. The lowest BCUT2D eigenvalue weighted by Gasteiger charge is -2.38. The normalized spacial score (nSPS) is 19.6. The van der Waals surface area contributed by atoms with Crippen LogP contribution in [0.4, 0.5) is 11.4 Å². The first-order chi connectivity index (χ1) is 12.1. The maximum atomic E-state index is 12.6. The van der Waals surface area contributed by atoms with E-state index in [4.69, 9.17) is 10.5 Å². The van der Waals surface area contributed by atoms with Gasteiger partial charge < -0.3 is 20.7 Å². The Bertz CT molecular complexity index is 615. The lowest BCUT2D eigenvalue weighted by molar-refractivity contribution is -0.125. The van der Waals surface area contributed by atoms with Crippen molar-refractivity contribution in [2.24, 2.45) is 5.73 Å². The van der Waals surface area contributed by atoms with Crippen molar-refractivity contribution in [3.05, 3.63) is 24.3 Å². The third kappa shape index (κ3) is 4.00. The highest BCUT2D eigenvalue weighted by molar-refractivity contribution is 5.97. The van der Waals surface area contributed by atoms with Crippen molar-refractivity contribution in [1.82, 2.24) is 4.90 Å². The van der Waals surface area contributed by atoms with Crippen LogP contribution in [0.25, 0.3) is 0 Å². The molecule has 2 fully saturated rings. The standard InChI is InChI=1S/C18H26N4O3/c1-21(14-3-2-4-14)16(11-19)18(24)20-13-5-7-15(8-6-13)22-9-10-25-12-17(22)23/h5-8,14,16H,2-4,9-12,19H2,1H3,(H,20,24)/t16-/m0/s1. The number of benzene rings is 1. The van der Waals surface area contributed by atoms with Gasteiger partial charge in [-0.3, -0.25) is 14.5 Å². The number of anilines is 2. The molecule has 3 rings (SSSR count). The Hall–Kier alpha value is -1.96. The molecule has 136 valence electrons. The van der Waals surface area contributed by atoms with Gasteiger partial charge in [-0.2, -0.15) is 0 Å². The molecule has 2 aliphatic rings. The predicted octanol–water partition coefficient (Wildman–Crippen LogP) is 0.800. The van der Waals surface area contributed by atoms with Crippen LogP contribution in [0.15, 0.2) is 24.3 Å². The van der Waals surface area contributed by atoms with Gasteiger partial charge in [0.15, 0.2) is 0 Å². The van der Waals surface area contributed by atoms with Crippen molar-refractivity contribution in [3.8, 4) is 0 Å². The van der Waals surface area contributed by atoms with E-state index in [0.717, 1.165) is 18.5 Å². The lowest BCUT2D eigenvalue weighted by atomic mass is 9.90. The fourth-order valence-electron chi connectivity index (χ4n) is 3.25. The summed E-state index contributed by atoms with van der Waals surface area (Å²) in [6, 6.07) is 7.43. The molecule has 1 saturated carbocycles. The van der Waals surface area contributed by atoms with Crippen molar-refractivity contribution in [1.29, 1.82) is 0 Å². The number of carbonyl (C=O) groups excluding carboxylic acids is 2. The van der Waals surface area contributed by atoms with Crippen LogP contribution in [0.2, 0.25) is 0 Å². The number of morpholine rings is 1. The first kappa shape index (κ1) is 17.8. The van der Waals surface area contributed by atoms with Gasteiger partial charge in [0, 0.05) is 30.5 Å². The van der Waals surface area contributed by atoms with Gasteiger partial charge in [0.1, 0.15) is 12.6 Å². The number of nitrogens with zero attached hydrogens (tertiary/aromatic N) is 2. The van der Waals surface area contributed by atoms with E-state index in [9.17, 15) is 9.59 Å². The molecule has 7 heteroatoms. The van der Waals surface area contributed by atoms with E-state index in [0.29, 0.717) is 31.4 Å². The molecule has 0 radical (unpaired) electrons. The summed E-state index contributed by atoms with van der Waals surface area (Å²) in [6.45, 7) is 1.49. The van der Waals surface area contributed by atoms with E-state index in [1.165, 1.54) is 6.42 Å². The molecule has 0 spiro atoms. The molecule has 3 N–H and O–H groups in total. The molecule has 0 unspecified atom stereocenters. The van der Waals surface area contributed by atoms with E-state index in [1.54, 1.807) is 4.90 Å². The number of carbonyl (C=O) groups is 2. The minimum absolute atomic E-state index is 0.0478. The Kier molecular flexibility index (Phi) is 5.67. The Morgan fingerprint density at radius 2 is 2.12 bits per heavy atom. The number of rotatable bonds is 6. The average Bonchev–Trinajstić information content (AvgIpc) is 2.55. The maximum absolute atomic E-state index is 12.6. The Morgan fingerprint density at radius 1 is 1.40 bits per heavy atom. The summed E-state index contributed by atoms with van der Waals surface area (Å²) in [7, 11) is 1.97.